The number of hydrogen-bond donors (Lipinski definition) is 1. The number of halogens is 4. The summed E-state index contributed by atoms with van der Waals surface area (Å²) >= 11 is 6.81. The number of ether oxygens (including phenoxy) is 1. The van der Waals surface area contributed by atoms with Crippen LogP contribution in [0.15, 0.2) is 51.4 Å². The van der Waals surface area contributed by atoms with Crippen molar-refractivity contribution >= 4 is 37.5 Å². The third-order valence-electron chi connectivity index (χ3n) is 2.59. The molecule has 0 aliphatic carbocycles. The molecule has 6 heteroatoms. The molecule has 0 aliphatic rings. The van der Waals surface area contributed by atoms with E-state index in [1.54, 1.807) is 18.2 Å². The highest BCUT2D eigenvalue weighted by Crippen LogP contribution is 2.28. The molecular weight excluding hydrogens is 396 g/mol. The van der Waals surface area contributed by atoms with Gasteiger partial charge in [-0.15, -0.1) is 0 Å². The predicted molar refractivity (Wildman–Crippen MR) is 82.2 cm³/mol. The maximum atomic E-state index is 12.3. The number of benzene rings is 2. The number of nitrogens with one attached hydrogen (secondary N) is 1. The van der Waals surface area contributed by atoms with E-state index in [2.05, 4.69) is 41.9 Å². The lowest BCUT2D eigenvalue weighted by Crippen LogP contribution is -2.07. The van der Waals surface area contributed by atoms with Crippen LogP contribution >= 0.6 is 31.9 Å². The first-order valence-corrected chi connectivity index (χ1v) is 7.36. The molecule has 0 fully saturated rings. The summed E-state index contributed by atoms with van der Waals surface area (Å²) in [7, 11) is 0. The summed E-state index contributed by atoms with van der Waals surface area (Å²) < 4.78 is 31.0. The number of alkyl halides is 2. The number of anilines is 1. The molecule has 0 unspecified atom stereocenters. The van der Waals surface area contributed by atoms with Gasteiger partial charge in [0.15, 0.2) is 0 Å². The summed E-state index contributed by atoms with van der Waals surface area (Å²) in [6.45, 7) is -2.44. The SMILES string of the molecule is FC(F)Oc1ccccc1CNc1cc(Br)ccc1Br. The first kappa shape index (κ1) is 15.3. The van der Waals surface area contributed by atoms with E-state index in [1.807, 2.05) is 18.2 Å². The predicted octanol–water partition coefficient (Wildman–Crippen LogP) is 5.43. The van der Waals surface area contributed by atoms with Crippen LogP contribution in [0.25, 0.3) is 0 Å². The van der Waals surface area contributed by atoms with Crippen molar-refractivity contribution in [2.45, 2.75) is 13.2 Å². The maximum absolute atomic E-state index is 12.3. The van der Waals surface area contributed by atoms with Gasteiger partial charge in [-0.05, 0) is 40.2 Å². The van der Waals surface area contributed by atoms with Gasteiger partial charge in [-0.25, -0.2) is 0 Å². The summed E-state index contributed by atoms with van der Waals surface area (Å²) in [5.74, 6) is 0.182. The average molecular weight is 407 g/mol. The lowest BCUT2D eigenvalue weighted by atomic mass is 10.2. The summed E-state index contributed by atoms with van der Waals surface area (Å²) in [4.78, 5) is 0. The Kier molecular flexibility index (Phi) is 5.37. The van der Waals surface area contributed by atoms with Crippen LogP contribution < -0.4 is 10.1 Å². The molecule has 0 radical (unpaired) electrons. The second kappa shape index (κ2) is 7.04. The van der Waals surface area contributed by atoms with E-state index in [9.17, 15) is 8.78 Å². The van der Waals surface area contributed by atoms with Gasteiger partial charge in [0, 0.05) is 26.7 Å². The van der Waals surface area contributed by atoms with Gasteiger partial charge in [-0.2, -0.15) is 8.78 Å². The second-order valence-corrected chi connectivity index (χ2v) is 5.73. The summed E-state index contributed by atoms with van der Waals surface area (Å²) in [5.41, 5.74) is 1.53. The summed E-state index contributed by atoms with van der Waals surface area (Å²) in [5, 5.41) is 3.18. The fraction of sp³-hybridized carbons (Fsp3) is 0.143. The van der Waals surface area contributed by atoms with Crippen LogP contribution in [-0.2, 0) is 6.54 Å². The Morgan fingerprint density at radius 3 is 2.60 bits per heavy atom. The third kappa shape index (κ3) is 4.18. The largest absolute Gasteiger partial charge is 0.434 e. The van der Waals surface area contributed by atoms with Crippen LogP contribution in [0.3, 0.4) is 0 Å². The van der Waals surface area contributed by atoms with Crippen LogP contribution in [0.5, 0.6) is 5.75 Å². The molecule has 0 saturated carbocycles. The zero-order valence-corrected chi connectivity index (χ0v) is 13.4. The minimum absolute atomic E-state index is 0.182. The smallest absolute Gasteiger partial charge is 0.387 e. The normalized spacial score (nSPS) is 10.7. The van der Waals surface area contributed by atoms with E-state index in [-0.39, 0.29) is 5.75 Å². The number of para-hydroxylation sites is 1. The van der Waals surface area contributed by atoms with Gasteiger partial charge in [0.25, 0.3) is 0 Å². The Hall–Kier alpha value is -1.14. The number of hydrogen-bond acceptors (Lipinski definition) is 2. The van der Waals surface area contributed by atoms with Crippen LogP contribution in [0.4, 0.5) is 14.5 Å². The topological polar surface area (TPSA) is 21.3 Å². The summed E-state index contributed by atoms with van der Waals surface area (Å²) in [6.07, 6.45) is 0. The first-order valence-electron chi connectivity index (χ1n) is 5.78. The van der Waals surface area contributed by atoms with Gasteiger partial charge in [0.1, 0.15) is 5.75 Å². The highest BCUT2D eigenvalue weighted by Gasteiger charge is 2.09. The second-order valence-electron chi connectivity index (χ2n) is 3.96. The Morgan fingerprint density at radius 2 is 1.85 bits per heavy atom. The van der Waals surface area contributed by atoms with Crippen LogP contribution in [-0.4, -0.2) is 6.61 Å². The van der Waals surface area contributed by atoms with Crippen LogP contribution in [0.1, 0.15) is 5.56 Å². The van der Waals surface area contributed by atoms with Crippen molar-refractivity contribution in [1.29, 1.82) is 0 Å². The molecule has 20 heavy (non-hydrogen) atoms. The van der Waals surface area contributed by atoms with Crippen molar-refractivity contribution < 1.29 is 13.5 Å². The molecule has 0 aliphatic heterocycles. The quantitative estimate of drug-likeness (QED) is 0.715. The zero-order chi connectivity index (χ0) is 14.5. The Bertz CT molecular complexity index is 593. The third-order valence-corrected chi connectivity index (χ3v) is 3.77. The molecule has 0 bridgehead atoms. The molecule has 2 nitrogen and oxygen atoms in total. The molecule has 0 atom stereocenters. The fourth-order valence-corrected chi connectivity index (χ4v) is 2.43. The van der Waals surface area contributed by atoms with Crippen LogP contribution in [0.2, 0.25) is 0 Å². The zero-order valence-electron chi connectivity index (χ0n) is 10.2. The minimum Gasteiger partial charge on any atom is -0.434 e. The molecule has 0 spiro atoms. The lowest BCUT2D eigenvalue weighted by Gasteiger charge is -2.13. The van der Waals surface area contributed by atoms with E-state index >= 15 is 0 Å². The van der Waals surface area contributed by atoms with Crippen molar-refractivity contribution in [3.63, 3.8) is 0 Å². The van der Waals surface area contributed by atoms with Gasteiger partial charge >= 0.3 is 6.61 Å². The molecule has 106 valence electrons. The van der Waals surface area contributed by atoms with Crippen molar-refractivity contribution in [2.24, 2.45) is 0 Å². The molecule has 0 amide bonds. The minimum atomic E-state index is -2.83. The average Bonchev–Trinajstić information content (AvgIpc) is 2.41. The molecule has 0 heterocycles. The fourth-order valence-electron chi connectivity index (χ4n) is 1.68. The molecule has 1 N–H and O–H groups in total. The molecule has 2 aromatic rings. The molecule has 2 aromatic carbocycles. The van der Waals surface area contributed by atoms with E-state index < -0.39 is 6.61 Å². The van der Waals surface area contributed by atoms with Gasteiger partial charge in [-0.1, -0.05) is 34.1 Å². The Labute approximate surface area is 132 Å². The van der Waals surface area contributed by atoms with Gasteiger partial charge in [-0.3, -0.25) is 0 Å². The molecule has 2 rings (SSSR count). The van der Waals surface area contributed by atoms with Crippen LogP contribution in [0, 0.1) is 0 Å². The van der Waals surface area contributed by atoms with Crippen molar-refractivity contribution in [3.05, 3.63) is 57.0 Å². The van der Waals surface area contributed by atoms with Gasteiger partial charge < -0.3 is 10.1 Å². The monoisotopic (exact) mass is 405 g/mol. The Morgan fingerprint density at radius 1 is 1.10 bits per heavy atom. The highest BCUT2D eigenvalue weighted by atomic mass is 79.9. The molecule has 0 saturated heterocycles. The number of rotatable bonds is 5. The first-order chi connectivity index (χ1) is 9.56. The molecule has 0 aromatic heterocycles. The standard InChI is InChI=1S/C14H11Br2F2NO/c15-10-5-6-11(16)12(7-10)19-8-9-3-1-2-4-13(9)20-14(17)18/h1-7,14,19H,8H2. The van der Waals surface area contributed by atoms with E-state index in [0.717, 1.165) is 14.6 Å². The summed E-state index contributed by atoms with van der Waals surface area (Å²) in [6, 6.07) is 12.4. The maximum Gasteiger partial charge on any atom is 0.387 e. The van der Waals surface area contributed by atoms with E-state index in [0.29, 0.717) is 12.1 Å². The van der Waals surface area contributed by atoms with Gasteiger partial charge in [0.2, 0.25) is 0 Å². The van der Waals surface area contributed by atoms with Gasteiger partial charge in [0.05, 0.1) is 0 Å². The van der Waals surface area contributed by atoms with Crippen molar-refractivity contribution in [2.75, 3.05) is 5.32 Å². The Balaban J connectivity index is 2.12. The molecular formula is C14H11Br2F2NO. The van der Waals surface area contributed by atoms with Crippen molar-refractivity contribution in [3.8, 4) is 5.75 Å². The van der Waals surface area contributed by atoms with Crippen molar-refractivity contribution in [1.82, 2.24) is 0 Å². The highest BCUT2D eigenvalue weighted by molar-refractivity contribution is 9.11. The lowest BCUT2D eigenvalue weighted by molar-refractivity contribution is -0.0504. The van der Waals surface area contributed by atoms with E-state index in [1.165, 1.54) is 6.07 Å². The van der Waals surface area contributed by atoms with E-state index in [4.69, 9.17) is 0 Å².